The van der Waals surface area contributed by atoms with E-state index in [1.54, 1.807) is 6.20 Å². The first-order chi connectivity index (χ1) is 14.1. The standard InChI is InChI=1S/C24H29N3O2/c28-21(25-8-6-20-4-1-3-19-5-2-7-26-22(19)20)15-27-23(29)24-12-16-9-17(13-24)11-18(10-16)14-24/h1-5,7,16-18H,6,8-15H2,(H,25,28)(H,27,29). The van der Waals surface area contributed by atoms with Gasteiger partial charge in [0.15, 0.2) is 0 Å². The number of carbonyl (C=O) groups excluding carboxylic acids is 2. The molecule has 1 aromatic carbocycles. The van der Waals surface area contributed by atoms with Crippen LogP contribution in [0.2, 0.25) is 0 Å². The predicted molar refractivity (Wildman–Crippen MR) is 112 cm³/mol. The molecule has 0 radical (unpaired) electrons. The summed E-state index contributed by atoms with van der Waals surface area (Å²) in [5, 5.41) is 7.01. The first-order valence-electron chi connectivity index (χ1n) is 11.0. The highest BCUT2D eigenvalue weighted by atomic mass is 16.2. The first-order valence-corrected chi connectivity index (χ1v) is 11.0. The van der Waals surface area contributed by atoms with Gasteiger partial charge in [-0.2, -0.15) is 0 Å². The summed E-state index contributed by atoms with van der Waals surface area (Å²) in [6.45, 7) is 0.621. The molecule has 29 heavy (non-hydrogen) atoms. The van der Waals surface area contributed by atoms with Crippen LogP contribution in [-0.4, -0.2) is 29.9 Å². The summed E-state index contributed by atoms with van der Waals surface area (Å²) in [5.74, 6) is 2.20. The maximum atomic E-state index is 12.9. The number of hydrogen-bond donors (Lipinski definition) is 2. The van der Waals surface area contributed by atoms with Crippen LogP contribution in [0.25, 0.3) is 10.9 Å². The van der Waals surface area contributed by atoms with E-state index < -0.39 is 0 Å². The van der Waals surface area contributed by atoms with E-state index in [-0.39, 0.29) is 23.8 Å². The molecule has 5 nitrogen and oxygen atoms in total. The van der Waals surface area contributed by atoms with Crippen molar-refractivity contribution in [2.24, 2.45) is 23.2 Å². The van der Waals surface area contributed by atoms with Gasteiger partial charge in [-0.1, -0.05) is 24.3 Å². The van der Waals surface area contributed by atoms with Crippen molar-refractivity contribution in [1.82, 2.24) is 15.6 Å². The number of fused-ring (bicyclic) bond motifs is 1. The summed E-state index contributed by atoms with van der Waals surface area (Å²) in [5.41, 5.74) is 1.92. The van der Waals surface area contributed by atoms with Gasteiger partial charge in [-0.25, -0.2) is 0 Å². The molecule has 2 amide bonds. The highest BCUT2D eigenvalue weighted by Gasteiger charge is 2.54. The molecule has 4 bridgehead atoms. The fourth-order valence-corrected chi connectivity index (χ4v) is 6.51. The Labute approximate surface area is 171 Å². The number of carbonyl (C=O) groups is 2. The summed E-state index contributed by atoms with van der Waals surface area (Å²) in [6.07, 6.45) is 9.55. The summed E-state index contributed by atoms with van der Waals surface area (Å²) in [7, 11) is 0. The third-order valence-electron chi connectivity index (χ3n) is 7.36. The minimum atomic E-state index is -0.191. The van der Waals surface area contributed by atoms with E-state index in [2.05, 4.69) is 21.7 Å². The van der Waals surface area contributed by atoms with Crippen molar-refractivity contribution in [3.05, 3.63) is 42.1 Å². The zero-order chi connectivity index (χ0) is 19.8. The molecule has 2 N–H and O–H groups in total. The number of para-hydroxylation sites is 1. The number of benzene rings is 1. The van der Waals surface area contributed by atoms with Gasteiger partial charge in [-0.15, -0.1) is 0 Å². The van der Waals surface area contributed by atoms with Gasteiger partial charge >= 0.3 is 0 Å². The Balaban J connectivity index is 1.12. The number of aromatic nitrogens is 1. The fourth-order valence-electron chi connectivity index (χ4n) is 6.51. The Hall–Kier alpha value is -2.43. The fraction of sp³-hybridized carbons (Fsp3) is 0.542. The molecular weight excluding hydrogens is 362 g/mol. The summed E-state index contributed by atoms with van der Waals surface area (Å²) < 4.78 is 0. The average Bonchev–Trinajstić information content (AvgIpc) is 2.71. The molecular formula is C24H29N3O2. The normalized spacial score (nSPS) is 29.7. The summed E-state index contributed by atoms with van der Waals surface area (Å²) in [6, 6.07) is 10.1. The smallest absolute Gasteiger partial charge is 0.239 e. The third-order valence-corrected chi connectivity index (χ3v) is 7.36. The Morgan fingerprint density at radius 1 is 0.966 bits per heavy atom. The molecule has 1 aromatic heterocycles. The molecule has 0 aliphatic heterocycles. The summed E-state index contributed by atoms with van der Waals surface area (Å²) in [4.78, 5) is 29.7. The van der Waals surface area contributed by atoms with Crippen molar-refractivity contribution in [1.29, 1.82) is 0 Å². The lowest BCUT2D eigenvalue weighted by Gasteiger charge is -2.55. The lowest BCUT2D eigenvalue weighted by Crippen LogP contribution is -2.54. The number of pyridine rings is 1. The number of rotatable bonds is 6. The minimum absolute atomic E-state index is 0.0777. The molecule has 0 spiro atoms. The Kier molecular flexibility index (Phi) is 4.76. The molecule has 0 saturated heterocycles. The highest BCUT2D eigenvalue weighted by Crippen LogP contribution is 2.60. The number of hydrogen-bond acceptors (Lipinski definition) is 3. The zero-order valence-corrected chi connectivity index (χ0v) is 16.8. The molecule has 4 aliphatic rings. The van der Waals surface area contributed by atoms with Crippen LogP contribution in [-0.2, 0) is 16.0 Å². The van der Waals surface area contributed by atoms with Gasteiger partial charge in [0, 0.05) is 23.5 Å². The highest BCUT2D eigenvalue weighted by molar-refractivity contribution is 5.88. The largest absolute Gasteiger partial charge is 0.354 e. The van der Waals surface area contributed by atoms with Crippen molar-refractivity contribution in [3.63, 3.8) is 0 Å². The quantitative estimate of drug-likeness (QED) is 0.794. The lowest BCUT2D eigenvalue weighted by molar-refractivity contribution is -0.147. The monoisotopic (exact) mass is 391 g/mol. The maximum Gasteiger partial charge on any atom is 0.239 e. The van der Waals surface area contributed by atoms with Gasteiger partial charge in [-0.3, -0.25) is 14.6 Å². The van der Waals surface area contributed by atoms with E-state index in [4.69, 9.17) is 0 Å². The van der Waals surface area contributed by atoms with Gasteiger partial charge in [0.05, 0.1) is 12.1 Å². The Bertz CT molecular complexity index is 898. The minimum Gasteiger partial charge on any atom is -0.354 e. The van der Waals surface area contributed by atoms with Crippen LogP contribution in [0.1, 0.15) is 44.1 Å². The van der Waals surface area contributed by atoms with Crippen LogP contribution in [0.4, 0.5) is 0 Å². The van der Waals surface area contributed by atoms with E-state index in [0.29, 0.717) is 6.54 Å². The topological polar surface area (TPSA) is 71.1 Å². The van der Waals surface area contributed by atoms with Crippen molar-refractivity contribution < 1.29 is 9.59 Å². The van der Waals surface area contributed by atoms with E-state index >= 15 is 0 Å². The van der Waals surface area contributed by atoms with E-state index in [1.165, 1.54) is 19.3 Å². The van der Waals surface area contributed by atoms with Crippen LogP contribution < -0.4 is 10.6 Å². The molecule has 6 rings (SSSR count). The zero-order valence-electron chi connectivity index (χ0n) is 16.8. The van der Waals surface area contributed by atoms with Crippen molar-refractivity contribution in [2.45, 2.75) is 44.9 Å². The SMILES string of the molecule is O=C(CNC(=O)C12CC3CC(CC(C3)C1)C2)NCCc1cccc2cccnc12. The van der Waals surface area contributed by atoms with E-state index in [0.717, 1.165) is 59.9 Å². The predicted octanol–water partition coefficient (Wildman–Crippen LogP) is 3.23. The van der Waals surface area contributed by atoms with Gasteiger partial charge < -0.3 is 10.6 Å². The van der Waals surface area contributed by atoms with Crippen molar-refractivity contribution in [3.8, 4) is 0 Å². The Morgan fingerprint density at radius 2 is 1.66 bits per heavy atom. The van der Waals surface area contributed by atoms with E-state index in [1.807, 2.05) is 24.3 Å². The molecule has 0 unspecified atom stereocenters. The van der Waals surface area contributed by atoms with Crippen LogP contribution >= 0.6 is 0 Å². The second-order valence-electron chi connectivity index (χ2n) is 9.47. The van der Waals surface area contributed by atoms with Gasteiger partial charge in [-0.05, 0) is 74.3 Å². The third kappa shape index (κ3) is 3.63. The average molecular weight is 392 g/mol. The second kappa shape index (κ2) is 7.43. The first kappa shape index (κ1) is 18.6. The lowest BCUT2D eigenvalue weighted by atomic mass is 9.49. The van der Waals surface area contributed by atoms with Gasteiger partial charge in [0.25, 0.3) is 0 Å². The van der Waals surface area contributed by atoms with Crippen molar-refractivity contribution in [2.75, 3.05) is 13.1 Å². The molecule has 1 heterocycles. The van der Waals surface area contributed by atoms with Gasteiger partial charge in [0.1, 0.15) is 0 Å². The van der Waals surface area contributed by atoms with Crippen molar-refractivity contribution >= 4 is 22.7 Å². The van der Waals surface area contributed by atoms with Gasteiger partial charge in [0.2, 0.25) is 11.8 Å². The number of nitrogens with zero attached hydrogens (tertiary/aromatic N) is 1. The van der Waals surface area contributed by atoms with Crippen LogP contribution in [0.15, 0.2) is 36.5 Å². The molecule has 4 saturated carbocycles. The molecule has 4 aliphatic carbocycles. The Morgan fingerprint density at radius 3 is 2.38 bits per heavy atom. The second-order valence-corrected chi connectivity index (χ2v) is 9.47. The molecule has 5 heteroatoms. The van der Waals surface area contributed by atoms with E-state index in [9.17, 15) is 9.59 Å². The maximum absolute atomic E-state index is 12.9. The molecule has 2 aromatic rings. The molecule has 4 fully saturated rings. The number of nitrogens with one attached hydrogen (secondary N) is 2. The van der Waals surface area contributed by atoms with Crippen LogP contribution in [0.3, 0.4) is 0 Å². The van der Waals surface area contributed by atoms with Crippen LogP contribution in [0.5, 0.6) is 0 Å². The number of amides is 2. The molecule has 152 valence electrons. The summed E-state index contributed by atoms with van der Waals surface area (Å²) >= 11 is 0. The molecule has 0 atom stereocenters. The van der Waals surface area contributed by atoms with Crippen LogP contribution in [0, 0.1) is 23.2 Å².